The van der Waals surface area contributed by atoms with E-state index in [-0.39, 0.29) is 0 Å². The Labute approximate surface area is 170 Å². The fraction of sp³-hybridized carbons (Fsp3) is 0.200. The zero-order valence-electron chi connectivity index (χ0n) is 14.8. The molecule has 0 spiro atoms. The SMILES string of the molecule is C=CCn1c(Cc2ccc(Cl)cc2)nnc1SCc1cccc(C(F)(F)F)c1. The molecule has 0 aliphatic carbocycles. The van der Waals surface area contributed by atoms with Crippen LogP contribution in [0.1, 0.15) is 22.5 Å². The summed E-state index contributed by atoms with van der Waals surface area (Å²) in [5.74, 6) is 1.12. The molecule has 0 aliphatic heterocycles. The highest BCUT2D eigenvalue weighted by Gasteiger charge is 2.30. The molecule has 0 radical (unpaired) electrons. The largest absolute Gasteiger partial charge is 0.416 e. The molecule has 3 nitrogen and oxygen atoms in total. The molecule has 0 bridgehead atoms. The number of rotatable bonds is 7. The number of aromatic nitrogens is 3. The third kappa shape index (κ3) is 5.17. The first-order valence-corrected chi connectivity index (χ1v) is 9.79. The molecular formula is C20H17ClF3N3S. The summed E-state index contributed by atoms with van der Waals surface area (Å²) >= 11 is 7.26. The molecule has 0 amide bonds. The predicted octanol–water partition coefficient (Wildman–Crippen LogP) is 6.02. The van der Waals surface area contributed by atoms with Gasteiger partial charge in [0.05, 0.1) is 5.56 Å². The number of alkyl halides is 3. The van der Waals surface area contributed by atoms with Crippen LogP contribution in [0.5, 0.6) is 0 Å². The van der Waals surface area contributed by atoms with Gasteiger partial charge < -0.3 is 4.57 Å². The number of allylic oxidation sites excluding steroid dienone is 1. The number of hydrogen-bond donors (Lipinski definition) is 0. The van der Waals surface area contributed by atoms with Crippen molar-refractivity contribution in [1.82, 2.24) is 14.8 Å². The van der Waals surface area contributed by atoms with Crippen molar-refractivity contribution in [2.75, 3.05) is 0 Å². The lowest BCUT2D eigenvalue weighted by Gasteiger charge is -2.10. The number of hydrogen-bond acceptors (Lipinski definition) is 3. The average Bonchev–Trinajstić information content (AvgIpc) is 3.03. The van der Waals surface area contributed by atoms with Crippen molar-refractivity contribution in [2.24, 2.45) is 0 Å². The van der Waals surface area contributed by atoms with Crippen molar-refractivity contribution >= 4 is 23.4 Å². The van der Waals surface area contributed by atoms with Gasteiger partial charge in [-0.25, -0.2) is 0 Å². The molecule has 0 atom stereocenters. The number of benzene rings is 2. The summed E-state index contributed by atoms with van der Waals surface area (Å²) in [6, 6.07) is 12.8. The molecule has 8 heteroatoms. The second kappa shape index (κ2) is 8.84. The summed E-state index contributed by atoms with van der Waals surface area (Å²) in [6.45, 7) is 4.28. The topological polar surface area (TPSA) is 30.7 Å². The first-order valence-electron chi connectivity index (χ1n) is 8.43. The molecule has 3 aromatic rings. The molecule has 146 valence electrons. The van der Waals surface area contributed by atoms with E-state index in [1.165, 1.54) is 17.8 Å². The maximum atomic E-state index is 12.9. The lowest BCUT2D eigenvalue weighted by Crippen LogP contribution is -2.06. The zero-order valence-corrected chi connectivity index (χ0v) is 16.4. The van der Waals surface area contributed by atoms with Crippen LogP contribution in [0, 0.1) is 0 Å². The van der Waals surface area contributed by atoms with Gasteiger partial charge in [0.2, 0.25) is 0 Å². The highest BCUT2D eigenvalue weighted by atomic mass is 35.5. The highest BCUT2D eigenvalue weighted by molar-refractivity contribution is 7.98. The van der Waals surface area contributed by atoms with Gasteiger partial charge in [0, 0.05) is 23.7 Å². The van der Waals surface area contributed by atoms with Crippen LogP contribution in [-0.4, -0.2) is 14.8 Å². The minimum atomic E-state index is -4.35. The van der Waals surface area contributed by atoms with Gasteiger partial charge in [-0.1, -0.05) is 59.8 Å². The average molecular weight is 424 g/mol. The summed E-state index contributed by atoms with van der Waals surface area (Å²) in [7, 11) is 0. The Balaban J connectivity index is 1.76. The van der Waals surface area contributed by atoms with Crippen LogP contribution in [-0.2, 0) is 24.9 Å². The fourth-order valence-corrected chi connectivity index (χ4v) is 3.67. The summed E-state index contributed by atoms with van der Waals surface area (Å²) in [5.41, 5.74) is 0.963. The van der Waals surface area contributed by atoms with E-state index in [9.17, 15) is 13.2 Å². The van der Waals surface area contributed by atoms with Crippen LogP contribution >= 0.6 is 23.4 Å². The van der Waals surface area contributed by atoms with E-state index < -0.39 is 11.7 Å². The standard InChI is InChI=1S/C20H17ClF3N3S/c1-2-10-27-18(12-14-6-8-17(21)9-7-14)25-26-19(27)28-13-15-4-3-5-16(11-15)20(22,23)24/h2-9,11H,1,10,12-13H2. The maximum absolute atomic E-state index is 12.9. The molecule has 0 fully saturated rings. The Bertz CT molecular complexity index is 952. The number of nitrogens with zero attached hydrogens (tertiary/aromatic N) is 3. The van der Waals surface area contributed by atoms with Gasteiger partial charge in [-0.2, -0.15) is 13.2 Å². The number of thioether (sulfide) groups is 1. The summed E-state index contributed by atoms with van der Waals surface area (Å²) in [5, 5.41) is 9.77. The number of halogens is 4. The van der Waals surface area contributed by atoms with Gasteiger partial charge in [-0.15, -0.1) is 16.8 Å². The van der Waals surface area contributed by atoms with Crippen LogP contribution in [0.25, 0.3) is 0 Å². The third-order valence-electron chi connectivity index (χ3n) is 4.00. The van der Waals surface area contributed by atoms with E-state index in [0.29, 0.717) is 34.5 Å². The predicted molar refractivity (Wildman–Crippen MR) is 105 cm³/mol. The summed E-state index contributed by atoms with van der Waals surface area (Å²) in [4.78, 5) is 0. The van der Waals surface area contributed by atoms with Crippen LogP contribution in [0.4, 0.5) is 13.2 Å². The van der Waals surface area contributed by atoms with E-state index in [1.807, 2.05) is 28.8 Å². The summed E-state index contributed by atoms with van der Waals surface area (Å²) < 4.78 is 40.6. The zero-order chi connectivity index (χ0) is 20.1. The fourth-order valence-electron chi connectivity index (χ4n) is 2.64. The highest BCUT2D eigenvalue weighted by Crippen LogP contribution is 2.31. The van der Waals surface area contributed by atoms with Crippen molar-refractivity contribution in [3.8, 4) is 0 Å². The lowest BCUT2D eigenvalue weighted by molar-refractivity contribution is -0.137. The van der Waals surface area contributed by atoms with Crippen molar-refractivity contribution in [1.29, 1.82) is 0 Å². The van der Waals surface area contributed by atoms with Crippen LogP contribution in [0.15, 0.2) is 66.3 Å². The molecule has 2 aromatic carbocycles. The van der Waals surface area contributed by atoms with Gasteiger partial charge >= 0.3 is 6.18 Å². The van der Waals surface area contributed by atoms with Crippen molar-refractivity contribution < 1.29 is 13.2 Å². The van der Waals surface area contributed by atoms with Gasteiger partial charge in [0.15, 0.2) is 5.16 Å². The Kier molecular flexibility index (Phi) is 6.46. The molecule has 0 unspecified atom stereocenters. The molecule has 1 heterocycles. The Morgan fingerprint density at radius 1 is 1.07 bits per heavy atom. The van der Waals surface area contributed by atoms with E-state index >= 15 is 0 Å². The van der Waals surface area contributed by atoms with Gasteiger partial charge in [0.25, 0.3) is 0 Å². The molecular weight excluding hydrogens is 407 g/mol. The van der Waals surface area contributed by atoms with Crippen LogP contribution < -0.4 is 0 Å². The molecule has 0 saturated heterocycles. The minimum absolute atomic E-state index is 0.361. The summed E-state index contributed by atoms with van der Waals surface area (Å²) in [6.07, 6.45) is -2.04. The maximum Gasteiger partial charge on any atom is 0.416 e. The van der Waals surface area contributed by atoms with E-state index in [2.05, 4.69) is 16.8 Å². The minimum Gasteiger partial charge on any atom is -0.302 e. The Hall–Kier alpha value is -2.25. The van der Waals surface area contributed by atoms with Crippen molar-refractivity contribution in [3.05, 3.63) is 88.7 Å². The van der Waals surface area contributed by atoms with Crippen LogP contribution in [0.2, 0.25) is 5.02 Å². The second-order valence-corrected chi connectivity index (χ2v) is 7.47. The van der Waals surface area contributed by atoms with Crippen LogP contribution in [0.3, 0.4) is 0 Å². The van der Waals surface area contributed by atoms with E-state index in [1.54, 1.807) is 12.1 Å². The van der Waals surface area contributed by atoms with Crippen molar-refractivity contribution in [2.45, 2.75) is 30.1 Å². The van der Waals surface area contributed by atoms with Gasteiger partial charge in [0.1, 0.15) is 5.82 Å². The quantitative estimate of drug-likeness (QED) is 0.344. The third-order valence-corrected chi connectivity index (χ3v) is 5.29. The molecule has 28 heavy (non-hydrogen) atoms. The Morgan fingerprint density at radius 2 is 1.82 bits per heavy atom. The van der Waals surface area contributed by atoms with E-state index in [4.69, 9.17) is 11.6 Å². The normalized spacial score (nSPS) is 11.6. The Morgan fingerprint density at radius 3 is 2.50 bits per heavy atom. The lowest BCUT2D eigenvalue weighted by atomic mass is 10.1. The van der Waals surface area contributed by atoms with Gasteiger partial charge in [-0.05, 0) is 29.3 Å². The molecule has 0 N–H and O–H groups in total. The molecule has 1 aromatic heterocycles. The smallest absolute Gasteiger partial charge is 0.302 e. The molecule has 0 saturated carbocycles. The van der Waals surface area contributed by atoms with Gasteiger partial charge in [-0.3, -0.25) is 0 Å². The first kappa shape index (κ1) is 20.5. The first-order chi connectivity index (χ1) is 13.4. The second-order valence-electron chi connectivity index (χ2n) is 6.09. The van der Waals surface area contributed by atoms with Crippen molar-refractivity contribution in [3.63, 3.8) is 0 Å². The molecule has 0 aliphatic rings. The monoisotopic (exact) mass is 423 g/mol. The van der Waals surface area contributed by atoms with E-state index in [0.717, 1.165) is 23.5 Å². The molecule has 3 rings (SSSR count).